The quantitative estimate of drug-likeness (QED) is 0.523. The molecular weight excluding hydrogens is 191 g/mol. The van der Waals surface area contributed by atoms with Gasteiger partial charge in [-0.3, -0.25) is 4.99 Å². The van der Waals surface area contributed by atoms with E-state index in [1.54, 1.807) is 12.4 Å². The summed E-state index contributed by atoms with van der Waals surface area (Å²) in [6.07, 6.45) is 3.44. The standard InChI is InChI=1S/C3H3IN2/c1-2-6-4-3-5-1/h1-3H. The van der Waals surface area contributed by atoms with Gasteiger partial charge in [0.2, 0.25) is 0 Å². The summed E-state index contributed by atoms with van der Waals surface area (Å²) in [5.74, 6) is 0. The van der Waals surface area contributed by atoms with E-state index >= 15 is 0 Å². The lowest BCUT2D eigenvalue weighted by Gasteiger charge is -1.76. The van der Waals surface area contributed by atoms with E-state index in [0.29, 0.717) is 0 Å². The average Bonchev–Trinajstić information content (AvgIpc) is 1.72. The summed E-state index contributed by atoms with van der Waals surface area (Å²) in [7, 11) is 0. The SMILES string of the molecule is C1=CN=IC=N1. The highest BCUT2D eigenvalue weighted by Gasteiger charge is 1.67. The van der Waals surface area contributed by atoms with Crippen LogP contribution in [0.4, 0.5) is 0 Å². The van der Waals surface area contributed by atoms with Gasteiger partial charge in [-0.25, -0.2) is 3.15 Å². The number of rotatable bonds is 0. The van der Waals surface area contributed by atoms with Crippen LogP contribution in [0.25, 0.3) is 0 Å². The predicted octanol–water partition coefficient (Wildman–Crippen LogP) is 1.65. The first-order valence-electron chi connectivity index (χ1n) is 1.50. The molecule has 2 nitrogen and oxygen atoms in total. The highest BCUT2D eigenvalue weighted by atomic mass is 127. The maximum absolute atomic E-state index is 3.96. The Kier molecular flexibility index (Phi) is 1.49. The maximum atomic E-state index is 3.96. The lowest BCUT2D eigenvalue weighted by Crippen LogP contribution is -1.54. The molecule has 0 atom stereocenters. The Labute approximate surface area is 46.1 Å². The van der Waals surface area contributed by atoms with E-state index in [2.05, 4.69) is 8.14 Å². The Bertz CT molecular complexity index is 78.2. The molecule has 32 valence electrons. The molecule has 1 rings (SSSR count). The van der Waals surface area contributed by atoms with Crippen LogP contribution in [0.1, 0.15) is 0 Å². The van der Waals surface area contributed by atoms with Crippen LogP contribution in [0.3, 0.4) is 0 Å². The van der Waals surface area contributed by atoms with Crippen molar-refractivity contribution in [2.45, 2.75) is 0 Å². The van der Waals surface area contributed by atoms with Crippen LogP contribution in [-0.2, 0) is 0 Å². The van der Waals surface area contributed by atoms with Crippen LogP contribution in [0, 0.1) is 0 Å². The van der Waals surface area contributed by atoms with Crippen LogP contribution in [0.5, 0.6) is 0 Å². The number of hydrogen-bond donors (Lipinski definition) is 0. The summed E-state index contributed by atoms with van der Waals surface area (Å²) >= 11 is -0.0387. The molecule has 6 heavy (non-hydrogen) atoms. The Morgan fingerprint density at radius 1 is 1.33 bits per heavy atom. The molecule has 0 saturated heterocycles. The molecule has 0 fully saturated rings. The fraction of sp³-hybridized carbons (Fsp3) is 0. The van der Waals surface area contributed by atoms with Gasteiger partial charge in [0.1, 0.15) is 0 Å². The summed E-state index contributed by atoms with van der Waals surface area (Å²) in [5.41, 5.74) is 0. The third-order valence-electron chi connectivity index (χ3n) is 0.365. The molecule has 1 heterocycles. The Morgan fingerprint density at radius 3 is 2.50 bits per heavy atom. The van der Waals surface area contributed by atoms with Crippen molar-refractivity contribution in [1.29, 1.82) is 0 Å². The minimum absolute atomic E-state index is 0.0387. The van der Waals surface area contributed by atoms with Crippen molar-refractivity contribution in [1.82, 2.24) is 0 Å². The third-order valence-corrected chi connectivity index (χ3v) is 1.58. The van der Waals surface area contributed by atoms with E-state index in [0.717, 1.165) is 0 Å². The molecule has 0 aromatic carbocycles. The van der Waals surface area contributed by atoms with Gasteiger partial charge in [-0.05, 0) is 0 Å². The van der Waals surface area contributed by atoms with E-state index in [4.69, 9.17) is 0 Å². The molecule has 0 spiro atoms. The minimum atomic E-state index is -0.0387. The molecule has 0 bridgehead atoms. The van der Waals surface area contributed by atoms with Crippen molar-refractivity contribution in [3.8, 4) is 0 Å². The van der Waals surface area contributed by atoms with Gasteiger partial charge in [-0.1, -0.05) is 0 Å². The molecule has 0 radical (unpaired) electrons. The van der Waals surface area contributed by atoms with E-state index in [1.807, 2.05) is 4.22 Å². The first-order valence-corrected chi connectivity index (χ1v) is 3.71. The van der Waals surface area contributed by atoms with Crippen molar-refractivity contribution in [3.63, 3.8) is 0 Å². The molecule has 3 heteroatoms. The Balaban J connectivity index is 2.77. The predicted molar refractivity (Wildman–Crippen MR) is 34.1 cm³/mol. The maximum Gasteiger partial charge on any atom is 0.0776 e. The summed E-state index contributed by atoms with van der Waals surface area (Å²) in [4.78, 5) is 3.83. The fourth-order valence-electron chi connectivity index (χ4n) is 0.179. The average molecular weight is 194 g/mol. The molecule has 1 aliphatic rings. The molecule has 1 aliphatic heterocycles. The Morgan fingerprint density at radius 2 is 2.33 bits per heavy atom. The van der Waals surface area contributed by atoms with Gasteiger partial charge in [0, 0.05) is 27.2 Å². The third kappa shape index (κ3) is 0.965. The molecule has 0 amide bonds. The first kappa shape index (κ1) is 4.11. The second kappa shape index (κ2) is 2.17. The van der Waals surface area contributed by atoms with Crippen LogP contribution >= 0.6 is 21.0 Å². The van der Waals surface area contributed by atoms with Gasteiger partial charge in [0.15, 0.2) is 0 Å². The summed E-state index contributed by atoms with van der Waals surface area (Å²) in [6.45, 7) is 0. The number of halogens is 1. The molecule has 0 saturated carbocycles. The van der Waals surface area contributed by atoms with Crippen molar-refractivity contribution in [2.75, 3.05) is 0 Å². The van der Waals surface area contributed by atoms with Crippen molar-refractivity contribution < 1.29 is 0 Å². The summed E-state index contributed by atoms with van der Waals surface area (Å²) in [5, 5.41) is 0. The zero-order valence-electron chi connectivity index (χ0n) is 3.00. The normalized spacial score (nSPS) is 17.3. The van der Waals surface area contributed by atoms with Crippen LogP contribution < -0.4 is 0 Å². The number of aliphatic imine (C=N–C) groups is 1. The second-order valence-corrected chi connectivity index (χ2v) is 2.41. The van der Waals surface area contributed by atoms with Crippen LogP contribution in [0.2, 0.25) is 0 Å². The van der Waals surface area contributed by atoms with Gasteiger partial charge >= 0.3 is 0 Å². The van der Waals surface area contributed by atoms with Gasteiger partial charge in [0.25, 0.3) is 0 Å². The largest absolute Gasteiger partial charge is 0.256 e. The van der Waals surface area contributed by atoms with Crippen molar-refractivity contribution >= 4 is 25.3 Å². The Hall–Kier alpha value is -0.0600. The summed E-state index contributed by atoms with van der Waals surface area (Å²) < 4.78 is 5.83. The summed E-state index contributed by atoms with van der Waals surface area (Å²) in [6, 6.07) is 0. The van der Waals surface area contributed by atoms with Gasteiger partial charge in [0.05, 0.1) is 10.4 Å². The highest BCUT2D eigenvalue weighted by Crippen LogP contribution is 1.99. The van der Waals surface area contributed by atoms with E-state index in [9.17, 15) is 0 Å². The van der Waals surface area contributed by atoms with Gasteiger partial charge < -0.3 is 0 Å². The molecule has 0 aromatic heterocycles. The highest BCUT2D eigenvalue weighted by molar-refractivity contribution is 14.2. The molecule has 0 unspecified atom stereocenters. The second-order valence-electron chi connectivity index (χ2n) is 0.740. The molecule has 0 aliphatic carbocycles. The van der Waals surface area contributed by atoms with Crippen LogP contribution in [0.15, 0.2) is 20.5 Å². The molecule has 0 aromatic rings. The lowest BCUT2D eigenvalue weighted by molar-refractivity contribution is 1.53. The zero-order chi connectivity index (χ0) is 4.24. The monoisotopic (exact) mass is 194 g/mol. The van der Waals surface area contributed by atoms with Crippen LogP contribution in [-0.4, -0.2) is 4.22 Å². The first-order chi connectivity index (χ1) is 3.00. The lowest BCUT2D eigenvalue weighted by atomic mass is 10.9. The number of hydrogen-bond acceptors (Lipinski definition) is 2. The zero-order valence-corrected chi connectivity index (χ0v) is 5.16. The van der Waals surface area contributed by atoms with Crippen molar-refractivity contribution in [3.05, 3.63) is 12.4 Å². The topological polar surface area (TPSA) is 24.7 Å². The minimum Gasteiger partial charge on any atom is -0.256 e. The molecular formula is C3H3IN2. The molecule has 0 N–H and O–H groups in total. The van der Waals surface area contributed by atoms with Crippen molar-refractivity contribution in [2.24, 2.45) is 8.14 Å². The van der Waals surface area contributed by atoms with Gasteiger partial charge in [-0.15, -0.1) is 0 Å². The van der Waals surface area contributed by atoms with E-state index in [-0.39, 0.29) is 21.0 Å². The smallest absolute Gasteiger partial charge is 0.0776 e. The van der Waals surface area contributed by atoms with E-state index in [1.165, 1.54) is 0 Å². The van der Waals surface area contributed by atoms with E-state index < -0.39 is 0 Å². The fourth-order valence-corrected chi connectivity index (χ4v) is 0.982. The number of nitrogens with zero attached hydrogens (tertiary/aromatic N) is 2. The van der Waals surface area contributed by atoms with Gasteiger partial charge in [-0.2, -0.15) is 0 Å².